The fourth-order valence-corrected chi connectivity index (χ4v) is 1.69. The average molecular weight is 267 g/mol. The van der Waals surface area contributed by atoms with Gasteiger partial charge in [0.2, 0.25) is 5.82 Å². The maximum absolute atomic E-state index is 13.0. The number of furan rings is 1. The summed E-state index contributed by atoms with van der Waals surface area (Å²) in [6.45, 7) is 2.60. The van der Waals surface area contributed by atoms with E-state index in [-0.39, 0.29) is 12.6 Å². The Morgan fingerprint density at radius 2 is 2.32 bits per heavy atom. The molecule has 0 saturated carbocycles. The molecule has 19 heavy (non-hydrogen) atoms. The quantitative estimate of drug-likeness (QED) is 0.832. The van der Waals surface area contributed by atoms with Crippen molar-refractivity contribution in [2.75, 3.05) is 6.54 Å². The van der Waals surface area contributed by atoms with Crippen LogP contribution in [0.1, 0.15) is 18.7 Å². The molecule has 1 unspecified atom stereocenters. The van der Waals surface area contributed by atoms with Crippen molar-refractivity contribution in [3.8, 4) is 0 Å². The average Bonchev–Trinajstić information content (AvgIpc) is 2.89. The SMILES string of the molecule is CC(NCCn1cc(F)c(=O)[nH]c1=O)c1ccco1. The molecule has 0 fully saturated rings. The Balaban J connectivity index is 1.95. The second-order valence-electron chi connectivity index (χ2n) is 4.12. The van der Waals surface area contributed by atoms with Gasteiger partial charge in [-0.2, -0.15) is 4.39 Å². The molecule has 0 radical (unpaired) electrons. The number of aromatic nitrogens is 2. The van der Waals surface area contributed by atoms with Gasteiger partial charge in [-0.25, -0.2) is 4.79 Å². The molecular weight excluding hydrogens is 253 g/mol. The van der Waals surface area contributed by atoms with Gasteiger partial charge in [-0.05, 0) is 19.1 Å². The van der Waals surface area contributed by atoms with Gasteiger partial charge in [0.1, 0.15) is 5.76 Å². The molecule has 2 heterocycles. The number of hydrogen-bond donors (Lipinski definition) is 2. The van der Waals surface area contributed by atoms with Crippen molar-refractivity contribution in [2.24, 2.45) is 0 Å². The summed E-state index contributed by atoms with van der Waals surface area (Å²) in [5.41, 5.74) is -1.63. The first-order valence-electron chi connectivity index (χ1n) is 5.84. The van der Waals surface area contributed by atoms with Crippen LogP contribution in [-0.4, -0.2) is 16.1 Å². The smallest absolute Gasteiger partial charge is 0.328 e. The Hall–Kier alpha value is -2.15. The number of rotatable bonds is 5. The van der Waals surface area contributed by atoms with Crippen LogP contribution in [0.2, 0.25) is 0 Å². The summed E-state index contributed by atoms with van der Waals surface area (Å²) < 4.78 is 19.4. The van der Waals surface area contributed by atoms with Crippen molar-refractivity contribution in [2.45, 2.75) is 19.5 Å². The van der Waals surface area contributed by atoms with E-state index in [2.05, 4.69) is 5.32 Å². The van der Waals surface area contributed by atoms with Gasteiger partial charge >= 0.3 is 5.69 Å². The van der Waals surface area contributed by atoms with Gasteiger partial charge < -0.3 is 9.73 Å². The zero-order valence-corrected chi connectivity index (χ0v) is 10.4. The topological polar surface area (TPSA) is 80.0 Å². The van der Waals surface area contributed by atoms with E-state index in [0.29, 0.717) is 6.54 Å². The van der Waals surface area contributed by atoms with E-state index in [1.807, 2.05) is 18.0 Å². The third-order valence-corrected chi connectivity index (χ3v) is 2.74. The van der Waals surface area contributed by atoms with Crippen molar-refractivity contribution < 1.29 is 8.81 Å². The number of halogens is 1. The molecule has 0 aliphatic carbocycles. The predicted molar refractivity (Wildman–Crippen MR) is 66.4 cm³/mol. The van der Waals surface area contributed by atoms with Crippen LogP contribution >= 0.6 is 0 Å². The first-order valence-corrected chi connectivity index (χ1v) is 5.84. The van der Waals surface area contributed by atoms with Gasteiger partial charge in [-0.15, -0.1) is 0 Å². The normalized spacial score (nSPS) is 12.5. The van der Waals surface area contributed by atoms with Crippen LogP contribution in [0.5, 0.6) is 0 Å². The summed E-state index contributed by atoms with van der Waals surface area (Å²) in [4.78, 5) is 24.2. The van der Waals surface area contributed by atoms with E-state index in [4.69, 9.17) is 4.42 Å². The number of hydrogen-bond acceptors (Lipinski definition) is 4. The molecule has 102 valence electrons. The largest absolute Gasteiger partial charge is 0.468 e. The number of nitrogens with one attached hydrogen (secondary N) is 2. The van der Waals surface area contributed by atoms with Crippen LogP contribution in [0.25, 0.3) is 0 Å². The van der Waals surface area contributed by atoms with E-state index in [1.54, 1.807) is 12.3 Å². The molecule has 6 nitrogen and oxygen atoms in total. The third-order valence-electron chi connectivity index (χ3n) is 2.74. The van der Waals surface area contributed by atoms with Gasteiger partial charge in [0.15, 0.2) is 0 Å². The third kappa shape index (κ3) is 3.19. The molecule has 0 aliphatic rings. The lowest BCUT2D eigenvalue weighted by Crippen LogP contribution is -2.34. The van der Waals surface area contributed by atoms with Crippen LogP contribution < -0.4 is 16.6 Å². The van der Waals surface area contributed by atoms with Crippen molar-refractivity contribution in [1.29, 1.82) is 0 Å². The number of H-pyrrole nitrogens is 1. The number of nitrogens with zero attached hydrogens (tertiary/aromatic N) is 1. The molecule has 2 rings (SSSR count). The van der Waals surface area contributed by atoms with E-state index in [9.17, 15) is 14.0 Å². The van der Waals surface area contributed by atoms with E-state index < -0.39 is 17.1 Å². The highest BCUT2D eigenvalue weighted by Gasteiger charge is 2.08. The van der Waals surface area contributed by atoms with Gasteiger partial charge in [-0.3, -0.25) is 14.3 Å². The van der Waals surface area contributed by atoms with Crippen LogP contribution in [0.4, 0.5) is 4.39 Å². The summed E-state index contributed by atoms with van der Waals surface area (Å²) in [6.07, 6.45) is 2.48. The summed E-state index contributed by atoms with van der Waals surface area (Å²) in [7, 11) is 0. The van der Waals surface area contributed by atoms with Gasteiger partial charge in [0, 0.05) is 13.1 Å². The lowest BCUT2D eigenvalue weighted by Gasteiger charge is -2.11. The molecule has 0 bridgehead atoms. The highest BCUT2D eigenvalue weighted by atomic mass is 19.1. The van der Waals surface area contributed by atoms with Crippen molar-refractivity contribution in [3.05, 3.63) is 57.0 Å². The summed E-state index contributed by atoms with van der Waals surface area (Å²) in [6, 6.07) is 3.61. The monoisotopic (exact) mass is 267 g/mol. The maximum Gasteiger partial charge on any atom is 0.328 e. The molecule has 2 N–H and O–H groups in total. The van der Waals surface area contributed by atoms with Crippen molar-refractivity contribution in [1.82, 2.24) is 14.9 Å². The summed E-state index contributed by atoms with van der Waals surface area (Å²) >= 11 is 0. The van der Waals surface area contributed by atoms with Crippen LogP contribution in [0, 0.1) is 5.82 Å². The minimum absolute atomic E-state index is 0.0155. The van der Waals surface area contributed by atoms with E-state index in [0.717, 1.165) is 16.5 Å². The zero-order chi connectivity index (χ0) is 13.8. The zero-order valence-electron chi connectivity index (χ0n) is 10.4. The standard InChI is InChI=1S/C12H14FN3O3/c1-8(10-3-2-6-19-10)14-4-5-16-7-9(13)11(17)15-12(16)18/h2-3,6-8,14H,4-5H2,1H3,(H,15,17,18). The Bertz CT molecular complexity index is 645. The molecule has 0 spiro atoms. The molecule has 0 aromatic carbocycles. The highest BCUT2D eigenvalue weighted by Crippen LogP contribution is 2.11. The molecule has 0 amide bonds. The molecule has 0 saturated heterocycles. The van der Waals surface area contributed by atoms with Gasteiger partial charge in [0.05, 0.1) is 18.5 Å². The fraction of sp³-hybridized carbons (Fsp3) is 0.333. The van der Waals surface area contributed by atoms with E-state index in [1.165, 1.54) is 0 Å². The second-order valence-corrected chi connectivity index (χ2v) is 4.12. The Morgan fingerprint density at radius 3 is 3.00 bits per heavy atom. The highest BCUT2D eigenvalue weighted by molar-refractivity contribution is 5.02. The summed E-state index contributed by atoms with van der Waals surface area (Å²) in [5.74, 6) is -0.196. The molecule has 1 atom stereocenters. The van der Waals surface area contributed by atoms with Crippen LogP contribution in [-0.2, 0) is 6.54 Å². The minimum Gasteiger partial charge on any atom is -0.468 e. The lowest BCUT2D eigenvalue weighted by molar-refractivity contribution is 0.419. The Labute approximate surface area is 107 Å². The second kappa shape index (κ2) is 5.66. The lowest BCUT2D eigenvalue weighted by atomic mass is 10.2. The first kappa shape index (κ1) is 13.3. The van der Waals surface area contributed by atoms with Crippen molar-refractivity contribution >= 4 is 0 Å². The van der Waals surface area contributed by atoms with E-state index >= 15 is 0 Å². The molecule has 2 aromatic heterocycles. The predicted octanol–water partition coefficient (Wildman–Crippen LogP) is 0.619. The molecular formula is C12H14FN3O3. The Morgan fingerprint density at radius 1 is 1.53 bits per heavy atom. The van der Waals surface area contributed by atoms with Gasteiger partial charge in [-0.1, -0.05) is 0 Å². The molecule has 2 aromatic rings. The molecule has 0 aliphatic heterocycles. The van der Waals surface area contributed by atoms with Crippen molar-refractivity contribution in [3.63, 3.8) is 0 Å². The number of aromatic amines is 1. The van der Waals surface area contributed by atoms with Crippen LogP contribution in [0.3, 0.4) is 0 Å². The molecule has 7 heteroatoms. The Kier molecular flexibility index (Phi) is 3.96. The first-order chi connectivity index (χ1) is 9.08. The maximum atomic E-state index is 13.0. The minimum atomic E-state index is -1.00. The summed E-state index contributed by atoms with van der Waals surface area (Å²) in [5, 5.41) is 3.13. The van der Waals surface area contributed by atoms with Gasteiger partial charge in [0.25, 0.3) is 5.56 Å². The van der Waals surface area contributed by atoms with Crippen LogP contribution in [0.15, 0.2) is 38.6 Å². The fourth-order valence-electron chi connectivity index (χ4n) is 1.69.